The van der Waals surface area contributed by atoms with Crippen LogP contribution in [0, 0.1) is 0 Å². The lowest BCUT2D eigenvalue weighted by atomic mass is 10.2. The number of hydrogen-bond acceptors (Lipinski definition) is 5. The first-order chi connectivity index (χ1) is 12.3. The van der Waals surface area contributed by atoms with Crippen molar-refractivity contribution in [3.63, 3.8) is 0 Å². The van der Waals surface area contributed by atoms with Crippen molar-refractivity contribution in [1.82, 2.24) is 24.9 Å². The topological polar surface area (TPSA) is 58.9 Å². The molecule has 6 nitrogen and oxygen atoms in total. The number of aromatic nitrogens is 4. The van der Waals surface area contributed by atoms with Gasteiger partial charge in [-0.3, -0.25) is 9.99 Å². The molecule has 1 aliphatic heterocycles. The molecule has 1 N–H and O–H groups in total. The van der Waals surface area contributed by atoms with Gasteiger partial charge in [-0.2, -0.15) is 0 Å². The number of imidazole rings is 1. The van der Waals surface area contributed by atoms with Crippen molar-refractivity contribution in [2.24, 2.45) is 7.05 Å². The molecular formula is C19H23ClN6. The molecule has 1 saturated heterocycles. The van der Waals surface area contributed by atoms with Crippen LogP contribution in [0.5, 0.6) is 0 Å². The van der Waals surface area contributed by atoms with Crippen LogP contribution in [-0.4, -0.2) is 32.6 Å². The monoisotopic (exact) mass is 370 g/mol. The summed E-state index contributed by atoms with van der Waals surface area (Å²) < 4.78 is 2.10. The van der Waals surface area contributed by atoms with Crippen LogP contribution in [0.15, 0.2) is 48.9 Å². The number of nitrogens with zero attached hydrogens (tertiary/aromatic N) is 5. The van der Waals surface area contributed by atoms with Crippen molar-refractivity contribution in [2.45, 2.75) is 19.3 Å². The van der Waals surface area contributed by atoms with E-state index in [9.17, 15) is 0 Å². The molecule has 0 amide bonds. The van der Waals surface area contributed by atoms with Gasteiger partial charge in [0.1, 0.15) is 5.82 Å². The summed E-state index contributed by atoms with van der Waals surface area (Å²) in [6.45, 7) is 1.99. The summed E-state index contributed by atoms with van der Waals surface area (Å²) in [5, 5.41) is 2.07. The highest BCUT2D eigenvalue weighted by Gasteiger charge is 2.14. The fraction of sp³-hybridized carbons (Fsp3) is 0.316. The van der Waals surface area contributed by atoms with E-state index < -0.39 is 0 Å². The standard InChI is InChI=1S/C19H22N6.ClH/c1-24-14-17(15-6-3-2-4-7-15)23-18(24)9-8-16-12-20-13-19(22-16)25-11-5-10-21-25;/h2-4,6-7,12-14,21H,5,8-11H2,1H3;1H. The predicted molar refractivity (Wildman–Crippen MR) is 105 cm³/mol. The van der Waals surface area contributed by atoms with E-state index in [4.69, 9.17) is 9.97 Å². The van der Waals surface area contributed by atoms with Gasteiger partial charge in [-0.25, -0.2) is 15.4 Å². The Morgan fingerprint density at radius 3 is 2.69 bits per heavy atom. The highest BCUT2D eigenvalue weighted by atomic mass is 35.5. The second kappa shape index (κ2) is 8.29. The van der Waals surface area contributed by atoms with E-state index >= 15 is 0 Å². The van der Waals surface area contributed by atoms with Gasteiger partial charge in [-0.15, -0.1) is 12.4 Å². The molecule has 0 spiro atoms. The van der Waals surface area contributed by atoms with Gasteiger partial charge in [0.25, 0.3) is 0 Å². The van der Waals surface area contributed by atoms with Crippen LogP contribution in [0.4, 0.5) is 5.82 Å². The molecular weight excluding hydrogens is 348 g/mol. The first kappa shape index (κ1) is 18.4. The lowest BCUT2D eigenvalue weighted by Gasteiger charge is -2.16. The largest absolute Gasteiger partial charge is 0.337 e. The number of hydrogen-bond donors (Lipinski definition) is 1. The Labute approximate surface area is 159 Å². The number of anilines is 1. The fourth-order valence-corrected chi connectivity index (χ4v) is 3.10. The van der Waals surface area contributed by atoms with Gasteiger partial charge in [0.2, 0.25) is 0 Å². The van der Waals surface area contributed by atoms with E-state index in [2.05, 4.69) is 38.3 Å². The van der Waals surface area contributed by atoms with Gasteiger partial charge in [-0.05, 0) is 12.8 Å². The second-order valence-electron chi connectivity index (χ2n) is 6.30. The zero-order valence-corrected chi connectivity index (χ0v) is 15.6. The zero-order valence-electron chi connectivity index (χ0n) is 14.8. The Kier molecular flexibility index (Phi) is 5.85. The van der Waals surface area contributed by atoms with E-state index in [1.807, 2.05) is 37.6 Å². The lowest BCUT2D eigenvalue weighted by molar-refractivity contribution is 0.742. The summed E-state index contributed by atoms with van der Waals surface area (Å²) in [5.41, 5.74) is 6.47. The first-order valence-electron chi connectivity index (χ1n) is 8.69. The molecule has 1 aliphatic rings. The Balaban J connectivity index is 0.00000196. The summed E-state index contributed by atoms with van der Waals surface area (Å²) in [6, 6.07) is 10.3. The van der Waals surface area contributed by atoms with Crippen LogP contribution >= 0.6 is 12.4 Å². The summed E-state index contributed by atoms with van der Waals surface area (Å²) in [5.74, 6) is 1.96. The van der Waals surface area contributed by atoms with Crippen molar-refractivity contribution in [1.29, 1.82) is 0 Å². The maximum absolute atomic E-state index is 4.79. The van der Waals surface area contributed by atoms with Crippen LogP contribution in [0.3, 0.4) is 0 Å². The average molecular weight is 371 g/mol. The first-order valence-corrected chi connectivity index (χ1v) is 8.69. The molecule has 0 aliphatic carbocycles. The molecule has 7 heteroatoms. The minimum Gasteiger partial charge on any atom is -0.337 e. The Morgan fingerprint density at radius 1 is 1.08 bits per heavy atom. The van der Waals surface area contributed by atoms with E-state index in [1.165, 1.54) is 0 Å². The van der Waals surface area contributed by atoms with Crippen molar-refractivity contribution >= 4 is 18.2 Å². The molecule has 0 radical (unpaired) electrons. The van der Waals surface area contributed by atoms with E-state index in [0.717, 1.165) is 60.9 Å². The molecule has 136 valence electrons. The molecule has 2 aromatic heterocycles. The highest BCUT2D eigenvalue weighted by Crippen LogP contribution is 2.18. The molecule has 0 bridgehead atoms. The third kappa shape index (κ3) is 4.03. The normalized spacial score (nSPS) is 13.7. The average Bonchev–Trinajstić information content (AvgIpc) is 3.31. The molecule has 0 saturated carbocycles. The fourth-order valence-electron chi connectivity index (χ4n) is 3.10. The van der Waals surface area contributed by atoms with Gasteiger partial charge in [0, 0.05) is 44.5 Å². The Morgan fingerprint density at radius 2 is 1.92 bits per heavy atom. The molecule has 1 fully saturated rings. The molecule has 0 unspecified atom stereocenters. The van der Waals surface area contributed by atoms with Crippen molar-refractivity contribution in [3.8, 4) is 11.3 Å². The third-order valence-electron chi connectivity index (χ3n) is 4.46. The third-order valence-corrected chi connectivity index (χ3v) is 4.46. The molecule has 3 heterocycles. The van der Waals surface area contributed by atoms with Crippen molar-refractivity contribution < 1.29 is 0 Å². The Bertz CT molecular complexity index is 842. The predicted octanol–water partition coefficient (Wildman–Crippen LogP) is 2.80. The summed E-state index contributed by atoms with van der Waals surface area (Å²) in [7, 11) is 2.05. The van der Waals surface area contributed by atoms with Gasteiger partial charge in [-0.1, -0.05) is 30.3 Å². The minimum atomic E-state index is 0. The molecule has 1 aromatic carbocycles. The van der Waals surface area contributed by atoms with E-state index in [0.29, 0.717) is 0 Å². The van der Waals surface area contributed by atoms with Crippen LogP contribution in [0.25, 0.3) is 11.3 Å². The number of rotatable bonds is 5. The SMILES string of the molecule is Cl.Cn1cc(-c2ccccc2)nc1CCc1cncc(N2CCCN2)n1. The summed E-state index contributed by atoms with van der Waals surface area (Å²) in [6.07, 6.45) is 8.56. The van der Waals surface area contributed by atoms with E-state index in [-0.39, 0.29) is 12.4 Å². The van der Waals surface area contributed by atoms with Crippen LogP contribution in [-0.2, 0) is 19.9 Å². The molecule has 0 atom stereocenters. The number of halogens is 1. The van der Waals surface area contributed by atoms with Crippen molar-refractivity contribution in [3.05, 3.63) is 60.4 Å². The summed E-state index contributed by atoms with van der Waals surface area (Å²) >= 11 is 0. The number of aryl methyl sites for hydroxylation is 3. The number of benzene rings is 1. The van der Waals surface area contributed by atoms with Gasteiger partial charge >= 0.3 is 0 Å². The van der Waals surface area contributed by atoms with E-state index in [1.54, 1.807) is 0 Å². The number of hydrazine groups is 1. The van der Waals surface area contributed by atoms with Crippen LogP contribution in [0.1, 0.15) is 17.9 Å². The molecule has 3 aromatic rings. The smallest absolute Gasteiger partial charge is 0.161 e. The maximum atomic E-state index is 4.79. The second-order valence-corrected chi connectivity index (χ2v) is 6.30. The maximum Gasteiger partial charge on any atom is 0.161 e. The van der Waals surface area contributed by atoms with Gasteiger partial charge in [0.15, 0.2) is 5.82 Å². The molecule has 4 rings (SSSR count). The number of nitrogens with one attached hydrogen (secondary N) is 1. The summed E-state index contributed by atoms with van der Waals surface area (Å²) in [4.78, 5) is 13.9. The molecule has 26 heavy (non-hydrogen) atoms. The van der Waals surface area contributed by atoms with Gasteiger partial charge < -0.3 is 4.57 Å². The Hall–Kier alpha value is -2.44. The van der Waals surface area contributed by atoms with Gasteiger partial charge in [0.05, 0.1) is 17.6 Å². The highest BCUT2D eigenvalue weighted by molar-refractivity contribution is 5.85. The van der Waals surface area contributed by atoms with Crippen LogP contribution in [0.2, 0.25) is 0 Å². The van der Waals surface area contributed by atoms with Crippen LogP contribution < -0.4 is 10.4 Å². The quantitative estimate of drug-likeness (QED) is 0.748. The lowest BCUT2D eigenvalue weighted by Crippen LogP contribution is -2.31. The zero-order chi connectivity index (χ0) is 17.1. The van der Waals surface area contributed by atoms with Crippen molar-refractivity contribution in [2.75, 3.05) is 18.1 Å². The minimum absolute atomic E-state index is 0.